The molecule has 3 N–H and O–H groups in total. The SMILES string of the molecule is COc1ccc(NC(=S)N/N=C\c2cc([N+](=O)[O-])ccc2O)cc1. The van der Waals surface area contributed by atoms with Crippen LogP contribution >= 0.6 is 12.2 Å². The number of nitro benzene ring substituents is 1. The second-order valence-corrected chi connectivity index (χ2v) is 4.96. The monoisotopic (exact) mass is 346 g/mol. The highest BCUT2D eigenvalue weighted by atomic mass is 32.1. The van der Waals surface area contributed by atoms with Crippen molar-refractivity contribution in [3.05, 3.63) is 58.1 Å². The first kappa shape index (κ1) is 17.2. The summed E-state index contributed by atoms with van der Waals surface area (Å²) < 4.78 is 5.05. The van der Waals surface area contributed by atoms with Crippen molar-refractivity contribution >= 4 is 34.9 Å². The van der Waals surface area contributed by atoms with Crippen LogP contribution in [-0.4, -0.2) is 28.5 Å². The normalized spacial score (nSPS) is 10.4. The summed E-state index contributed by atoms with van der Waals surface area (Å²) in [6.45, 7) is 0. The van der Waals surface area contributed by atoms with Crippen molar-refractivity contribution in [2.75, 3.05) is 12.4 Å². The predicted molar refractivity (Wildman–Crippen MR) is 94.7 cm³/mol. The van der Waals surface area contributed by atoms with E-state index in [1.165, 1.54) is 24.4 Å². The van der Waals surface area contributed by atoms with E-state index in [4.69, 9.17) is 17.0 Å². The topological polar surface area (TPSA) is 109 Å². The summed E-state index contributed by atoms with van der Waals surface area (Å²) in [6.07, 6.45) is 1.24. The molecule has 2 rings (SSSR count). The minimum absolute atomic E-state index is 0.125. The number of nitrogens with zero attached hydrogens (tertiary/aromatic N) is 2. The second kappa shape index (κ2) is 7.88. The van der Waals surface area contributed by atoms with Gasteiger partial charge in [-0.05, 0) is 42.5 Å². The third-order valence-electron chi connectivity index (χ3n) is 2.94. The molecule has 0 aliphatic carbocycles. The summed E-state index contributed by atoms with van der Waals surface area (Å²) in [5, 5.41) is 27.4. The third kappa shape index (κ3) is 4.65. The van der Waals surface area contributed by atoms with Crippen LogP contribution in [0.15, 0.2) is 47.6 Å². The number of non-ortho nitro benzene ring substituents is 1. The fourth-order valence-electron chi connectivity index (χ4n) is 1.75. The maximum absolute atomic E-state index is 10.7. The summed E-state index contributed by atoms with van der Waals surface area (Å²) in [5.74, 6) is 0.596. The molecule has 0 radical (unpaired) electrons. The Balaban J connectivity index is 1.96. The van der Waals surface area contributed by atoms with Gasteiger partial charge < -0.3 is 15.2 Å². The lowest BCUT2D eigenvalue weighted by molar-refractivity contribution is -0.384. The first-order valence-electron chi connectivity index (χ1n) is 6.71. The van der Waals surface area contributed by atoms with Crippen molar-refractivity contribution in [2.24, 2.45) is 5.10 Å². The molecule has 0 bridgehead atoms. The maximum Gasteiger partial charge on any atom is 0.270 e. The lowest BCUT2D eigenvalue weighted by atomic mass is 10.2. The minimum Gasteiger partial charge on any atom is -0.507 e. The van der Waals surface area contributed by atoms with Crippen LogP contribution in [0.25, 0.3) is 0 Å². The smallest absolute Gasteiger partial charge is 0.270 e. The number of hydrogen-bond acceptors (Lipinski definition) is 6. The highest BCUT2D eigenvalue weighted by Gasteiger charge is 2.08. The molecule has 0 heterocycles. The number of hydrogen-bond donors (Lipinski definition) is 3. The molecular formula is C15H14N4O4S. The number of phenolic OH excluding ortho intramolecular Hbond substituents is 1. The van der Waals surface area contributed by atoms with Gasteiger partial charge in [0.05, 0.1) is 18.2 Å². The fraction of sp³-hybridized carbons (Fsp3) is 0.0667. The van der Waals surface area contributed by atoms with Crippen LogP contribution in [-0.2, 0) is 0 Å². The van der Waals surface area contributed by atoms with Crippen molar-refractivity contribution < 1.29 is 14.8 Å². The van der Waals surface area contributed by atoms with E-state index >= 15 is 0 Å². The highest BCUT2D eigenvalue weighted by Crippen LogP contribution is 2.21. The fourth-order valence-corrected chi connectivity index (χ4v) is 1.92. The summed E-state index contributed by atoms with van der Waals surface area (Å²) in [5.41, 5.74) is 3.35. The van der Waals surface area contributed by atoms with E-state index in [1.807, 2.05) is 0 Å². The predicted octanol–water partition coefficient (Wildman–Crippen LogP) is 2.63. The van der Waals surface area contributed by atoms with Crippen LogP contribution in [0.4, 0.5) is 11.4 Å². The van der Waals surface area contributed by atoms with Gasteiger partial charge in [0.2, 0.25) is 0 Å². The summed E-state index contributed by atoms with van der Waals surface area (Å²) in [4.78, 5) is 10.2. The molecule has 0 amide bonds. The Hall–Kier alpha value is -3.20. The van der Waals surface area contributed by atoms with Gasteiger partial charge in [-0.25, -0.2) is 0 Å². The Bertz CT molecular complexity index is 778. The van der Waals surface area contributed by atoms with Gasteiger partial charge in [0.1, 0.15) is 11.5 Å². The van der Waals surface area contributed by atoms with Crippen LogP contribution in [0.3, 0.4) is 0 Å². The third-order valence-corrected chi connectivity index (χ3v) is 3.13. The molecule has 2 aromatic carbocycles. The number of thiocarbonyl (C=S) groups is 1. The summed E-state index contributed by atoms with van der Waals surface area (Å²) in [7, 11) is 1.58. The number of rotatable bonds is 5. The van der Waals surface area contributed by atoms with Crippen LogP contribution < -0.4 is 15.5 Å². The average molecular weight is 346 g/mol. The van der Waals surface area contributed by atoms with E-state index in [2.05, 4.69) is 15.8 Å². The van der Waals surface area contributed by atoms with E-state index in [9.17, 15) is 15.2 Å². The van der Waals surface area contributed by atoms with Gasteiger partial charge in [-0.2, -0.15) is 5.10 Å². The molecule has 0 saturated heterocycles. The Morgan fingerprint density at radius 3 is 2.67 bits per heavy atom. The largest absolute Gasteiger partial charge is 0.507 e. The number of aromatic hydroxyl groups is 1. The summed E-state index contributed by atoms with van der Waals surface area (Å²) >= 11 is 5.07. The van der Waals surface area contributed by atoms with E-state index in [-0.39, 0.29) is 22.1 Å². The maximum atomic E-state index is 10.7. The Kier molecular flexibility index (Phi) is 5.63. The standard InChI is InChI=1S/C15H14N4O4S/c1-23-13-5-2-11(3-6-13)17-15(24)18-16-9-10-8-12(19(21)22)4-7-14(10)20/h2-9,20H,1H3,(H2,17,18,24)/b16-9-. The van der Waals surface area contributed by atoms with Crippen LogP contribution in [0, 0.1) is 10.1 Å². The Morgan fingerprint density at radius 2 is 2.04 bits per heavy atom. The van der Waals surface area contributed by atoms with Gasteiger partial charge in [-0.1, -0.05) is 0 Å². The number of hydrazone groups is 1. The van der Waals surface area contributed by atoms with Crippen LogP contribution in [0.5, 0.6) is 11.5 Å². The first-order valence-corrected chi connectivity index (χ1v) is 7.12. The van der Waals surface area contributed by atoms with Crippen molar-refractivity contribution in [1.29, 1.82) is 0 Å². The zero-order valence-corrected chi connectivity index (χ0v) is 13.4. The Labute approximate surface area is 142 Å². The van der Waals surface area contributed by atoms with Crippen molar-refractivity contribution in [2.45, 2.75) is 0 Å². The molecule has 124 valence electrons. The molecule has 0 aliphatic rings. The molecule has 0 saturated carbocycles. The molecule has 24 heavy (non-hydrogen) atoms. The van der Waals surface area contributed by atoms with Crippen molar-refractivity contribution in [1.82, 2.24) is 5.43 Å². The molecule has 2 aromatic rings. The number of methoxy groups -OCH3 is 1. The van der Waals surface area contributed by atoms with Gasteiger partial charge in [0, 0.05) is 23.4 Å². The number of anilines is 1. The van der Waals surface area contributed by atoms with Gasteiger partial charge in [-0.15, -0.1) is 0 Å². The highest BCUT2D eigenvalue weighted by molar-refractivity contribution is 7.80. The van der Waals surface area contributed by atoms with E-state index in [0.29, 0.717) is 0 Å². The van der Waals surface area contributed by atoms with Gasteiger partial charge in [0.15, 0.2) is 5.11 Å². The molecule has 0 atom stereocenters. The molecule has 9 heteroatoms. The number of benzene rings is 2. The molecule has 0 aliphatic heterocycles. The van der Waals surface area contributed by atoms with Crippen molar-refractivity contribution in [3.63, 3.8) is 0 Å². The molecule has 0 aromatic heterocycles. The van der Waals surface area contributed by atoms with Gasteiger partial charge in [0.25, 0.3) is 5.69 Å². The quantitative estimate of drug-likeness (QED) is 0.330. The molecule has 8 nitrogen and oxygen atoms in total. The van der Waals surface area contributed by atoms with Gasteiger partial charge in [-0.3, -0.25) is 15.5 Å². The van der Waals surface area contributed by atoms with Gasteiger partial charge >= 0.3 is 0 Å². The summed E-state index contributed by atoms with van der Waals surface area (Å²) in [6, 6.07) is 10.8. The number of ether oxygens (including phenoxy) is 1. The second-order valence-electron chi connectivity index (χ2n) is 4.55. The van der Waals surface area contributed by atoms with E-state index in [0.717, 1.165) is 11.4 Å². The molecule has 0 unspecified atom stereocenters. The van der Waals surface area contributed by atoms with Crippen molar-refractivity contribution in [3.8, 4) is 11.5 Å². The lowest BCUT2D eigenvalue weighted by Gasteiger charge is -2.07. The average Bonchev–Trinajstić information content (AvgIpc) is 2.57. The zero-order chi connectivity index (χ0) is 17.5. The molecule has 0 fully saturated rings. The van der Waals surface area contributed by atoms with Crippen LogP contribution in [0.2, 0.25) is 0 Å². The number of phenols is 1. The first-order chi connectivity index (χ1) is 11.5. The minimum atomic E-state index is -0.555. The molecular weight excluding hydrogens is 332 g/mol. The Morgan fingerprint density at radius 1 is 1.33 bits per heavy atom. The number of nitro groups is 1. The van der Waals surface area contributed by atoms with E-state index < -0.39 is 4.92 Å². The molecule has 0 spiro atoms. The lowest BCUT2D eigenvalue weighted by Crippen LogP contribution is -2.23. The van der Waals surface area contributed by atoms with E-state index in [1.54, 1.807) is 31.4 Å². The van der Waals surface area contributed by atoms with Crippen LogP contribution in [0.1, 0.15) is 5.56 Å². The number of nitrogens with one attached hydrogen (secondary N) is 2. The zero-order valence-electron chi connectivity index (χ0n) is 12.6.